The van der Waals surface area contributed by atoms with Crippen molar-refractivity contribution in [2.75, 3.05) is 18.5 Å². The molecule has 0 spiro atoms. The average Bonchev–Trinajstić information content (AvgIpc) is 2.47. The lowest BCUT2D eigenvalue weighted by molar-refractivity contribution is 0.317. The fourth-order valence-electron chi connectivity index (χ4n) is 1.70. The Morgan fingerprint density at radius 2 is 1.79 bits per heavy atom. The topological polar surface area (TPSA) is 47.0 Å². The molecule has 0 aliphatic heterocycles. The molecular formula is C15H19N3O. The normalized spacial score (nSPS) is 10.2. The summed E-state index contributed by atoms with van der Waals surface area (Å²) >= 11 is 0. The molecule has 1 aromatic heterocycles. The van der Waals surface area contributed by atoms with Crippen LogP contribution in [0.15, 0.2) is 36.4 Å². The molecule has 4 heteroatoms. The Morgan fingerprint density at radius 1 is 1.00 bits per heavy atom. The van der Waals surface area contributed by atoms with Gasteiger partial charge in [-0.2, -0.15) is 0 Å². The molecular weight excluding hydrogens is 238 g/mol. The monoisotopic (exact) mass is 257 g/mol. The van der Waals surface area contributed by atoms with Crippen molar-refractivity contribution in [1.29, 1.82) is 0 Å². The first-order chi connectivity index (χ1) is 9.33. The summed E-state index contributed by atoms with van der Waals surface area (Å²) in [5.74, 6) is 1.69. The van der Waals surface area contributed by atoms with Crippen LogP contribution in [0.5, 0.6) is 5.75 Å². The van der Waals surface area contributed by atoms with Gasteiger partial charge in [0, 0.05) is 12.1 Å². The van der Waals surface area contributed by atoms with Gasteiger partial charge in [-0.15, -0.1) is 10.2 Å². The summed E-state index contributed by atoms with van der Waals surface area (Å²) in [6, 6.07) is 11.8. The smallest absolute Gasteiger partial charge is 0.148 e. The fraction of sp³-hybridized carbons (Fsp3) is 0.333. The number of nitrogens with one attached hydrogen (secondary N) is 1. The van der Waals surface area contributed by atoms with Gasteiger partial charge in [-0.3, -0.25) is 0 Å². The number of benzene rings is 1. The van der Waals surface area contributed by atoms with Crippen LogP contribution in [0, 0.1) is 0 Å². The summed E-state index contributed by atoms with van der Waals surface area (Å²) in [4.78, 5) is 0. The van der Waals surface area contributed by atoms with Crippen LogP contribution < -0.4 is 10.1 Å². The van der Waals surface area contributed by atoms with E-state index in [-0.39, 0.29) is 0 Å². The summed E-state index contributed by atoms with van der Waals surface area (Å²) in [6.07, 6.45) is 1.01. The van der Waals surface area contributed by atoms with E-state index >= 15 is 0 Å². The zero-order chi connectivity index (χ0) is 13.5. The first-order valence-corrected chi connectivity index (χ1v) is 6.64. The highest BCUT2D eigenvalue weighted by Gasteiger charge is 2.01. The second-order valence-electron chi connectivity index (χ2n) is 4.21. The van der Waals surface area contributed by atoms with Crippen molar-refractivity contribution in [1.82, 2.24) is 10.2 Å². The Kier molecular flexibility index (Phi) is 4.72. The first kappa shape index (κ1) is 13.3. The van der Waals surface area contributed by atoms with E-state index in [1.807, 2.05) is 43.3 Å². The molecule has 0 saturated heterocycles. The lowest BCUT2D eigenvalue weighted by Crippen LogP contribution is -2.00. The van der Waals surface area contributed by atoms with Crippen molar-refractivity contribution >= 4 is 5.82 Å². The van der Waals surface area contributed by atoms with Gasteiger partial charge in [-0.05, 0) is 49.7 Å². The van der Waals surface area contributed by atoms with Crippen LogP contribution in [-0.4, -0.2) is 23.3 Å². The number of nitrogens with zero attached hydrogens (tertiary/aromatic N) is 2. The Bertz CT molecular complexity index is 494. The molecule has 100 valence electrons. The van der Waals surface area contributed by atoms with Crippen LogP contribution in [-0.2, 0) is 0 Å². The molecule has 1 heterocycles. The molecule has 0 amide bonds. The molecule has 0 saturated carbocycles. The van der Waals surface area contributed by atoms with Gasteiger partial charge in [-0.25, -0.2) is 0 Å². The molecule has 2 aromatic rings. The van der Waals surface area contributed by atoms with Crippen LogP contribution in [0.3, 0.4) is 0 Å². The lowest BCUT2D eigenvalue weighted by Gasteiger charge is -2.06. The molecule has 0 aliphatic carbocycles. The van der Waals surface area contributed by atoms with Crippen molar-refractivity contribution in [3.8, 4) is 17.0 Å². The van der Waals surface area contributed by atoms with Crippen LogP contribution in [0.2, 0.25) is 0 Å². The highest BCUT2D eigenvalue weighted by Crippen LogP contribution is 2.20. The minimum atomic E-state index is 0.747. The Balaban J connectivity index is 2.08. The molecule has 0 atom stereocenters. The van der Waals surface area contributed by atoms with Gasteiger partial charge in [0.05, 0.1) is 12.3 Å². The zero-order valence-electron chi connectivity index (χ0n) is 11.4. The summed E-state index contributed by atoms with van der Waals surface area (Å²) in [7, 11) is 0. The summed E-state index contributed by atoms with van der Waals surface area (Å²) < 4.78 is 5.55. The van der Waals surface area contributed by atoms with E-state index < -0.39 is 0 Å². The third-order valence-corrected chi connectivity index (χ3v) is 2.65. The number of rotatable bonds is 6. The number of ether oxygens (including phenoxy) is 1. The Morgan fingerprint density at radius 3 is 2.37 bits per heavy atom. The second kappa shape index (κ2) is 6.73. The summed E-state index contributed by atoms with van der Waals surface area (Å²) in [5, 5.41) is 11.5. The predicted octanol–water partition coefficient (Wildman–Crippen LogP) is 3.36. The van der Waals surface area contributed by atoms with Crippen LogP contribution >= 0.6 is 0 Å². The summed E-state index contributed by atoms with van der Waals surface area (Å²) in [5.41, 5.74) is 1.91. The molecule has 19 heavy (non-hydrogen) atoms. The molecule has 1 N–H and O–H groups in total. The van der Waals surface area contributed by atoms with Crippen LogP contribution in [0.4, 0.5) is 5.82 Å². The molecule has 0 bridgehead atoms. The van der Waals surface area contributed by atoms with Gasteiger partial charge in [0.1, 0.15) is 11.6 Å². The Labute approximate surface area is 113 Å². The van der Waals surface area contributed by atoms with Crippen molar-refractivity contribution < 1.29 is 4.74 Å². The number of hydrogen-bond acceptors (Lipinski definition) is 4. The molecule has 1 aromatic carbocycles. The van der Waals surface area contributed by atoms with Gasteiger partial charge in [0.15, 0.2) is 0 Å². The number of aromatic nitrogens is 2. The van der Waals surface area contributed by atoms with Gasteiger partial charge in [0.25, 0.3) is 0 Å². The molecule has 0 fully saturated rings. The van der Waals surface area contributed by atoms with Crippen molar-refractivity contribution in [2.24, 2.45) is 0 Å². The maximum Gasteiger partial charge on any atom is 0.148 e. The minimum Gasteiger partial charge on any atom is -0.494 e. The Hall–Kier alpha value is -2.10. The number of anilines is 1. The minimum absolute atomic E-state index is 0.747. The first-order valence-electron chi connectivity index (χ1n) is 6.64. The quantitative estimate of drug-likeness (QED) is 0.862. The molecule has 0 unspecified atom stereocenters. The van der Waals surface area contributed by atoms with Gasteiger partial charge < -0.3 is 10.1 Å². The maximum absolute atomic E-state index is 5.55. The van der Waals surface area contributed by atoms with Crippen LogP contribution in [0.25, 0.3) is 11.3 Å². The van der Waals surface area contributed by atoms with E-state index in [9.17, 15) is 0 Å². The molecule has 4 nitrogen and oxygen atoms in total. The second-order valence-corrected chi connectivity index (χ2v) is 4.21. The van der Waals surface area contributed by atoms with Gasteiger partial charge in [-0.1, -0.05) is 6.92 Å². The van der Waals surface area contributed by atoms with E-state index in [0.29, 0.717) is 0 Å². The lowest BCUT2D eigenvalue weighted by atomic mass is 10.1. The van der Waals surface area contributed by atoms with Crippen molar-refractivity contribution in [3.05, 3.63) is 36.4 Å². The van der Waals surface area contributed by atoms with Crippen LogP contribution in [0.1, 0.15) is 20.3 Å². The van der Waals surface area contributed by atoms with E-state index in [0.717, 1.165) is 42.4 Å². The average molecular weight is 257 g/mol. The van der Waals surface area contributed by atoms with Crippen molar-refractivity contribution in [2.45, 2.75) is 20.3 Å². The molecule has 2 rings (SSSR count). The van der Waals surface area contributed by atoms with E-state index in [4.69, 9.17) is 4.74 Å². The summed E-state index contributed by atoms with van der Waals surface area (Å²) in [6.45, 7) is 5.72. The molecule has 0 aliphatic rings. The third-order valence-electron chi connectivity index (χ3n) is 2.65. The van der Waals surface area contributed by atoms with Gasteiger partial charge >= 0.3 is 0 Å². The SMILES string of the molecule is CCCOc1ccc(-c2ccc(NCC)nn2)cc1. The third kappa shape index (κ3) is 3.68. The van der Waals surface area contributed by atoms with E-state index in [2.05, 4.69) is 22.4 Å². The van der Waals surface area contributed by atoms with Gasteiger partial charge in [0.2, 0.25) is 0 Å². The fourth-order valence-corrected chi connectivity index (χ4v) is 1.70. The highest BCUT2D eigenvalue weighted by molar-refractivity contribution is 5.60. The zero-order valence-corrected chi connectivity index (χ0v) is 11.4. The van der Waals surface area contributed by atoms with E-state index in [1.54, 1.807) is 0 Å². The highest BCUT2D eigenvalue weighted by atomic mass is 16.5. The van der Waals surface area contributed by atoms with Crippen molar-refractivity contribution in [3.63, 3.8) is 0 Å². The number of hydrogen-bond donors (Lipinski definition) is 1. The predicted molar refractivity (Wildman–Crippen MR) is 77.4 cm³/mol. The largest absolute Gasteiger partial charge is 0.494 e. The van der Waals surface area contributed by atoms with E-state index in [1.165, 1.54) is 0 Å². The molecule has 0 radical (unpaired) electrons. The maximum atomic E-state index is 5.55. The standard InChI is InChI=1S/C15H19N3O/c1-3-11-19-13-7-5-12(6-8-13)14-9-10-15(16-4-2)18-17-14/h5-10H,3-4,11H2,1-2H3,(H,16,18).